The average Bonchev–Trinajstić information content (AvgIpc) is 3.30. The first-order valence-corrected chi connectivity index (χ1v) is 12.7. The Hall–Kier alpha value is -3.60. The second-order valence-corrected chi connectivity index (χ2v) is 10.7. The first kappa shape index (κ1) is 23.2. The van der Waals surface area contributed by atoms with Gasteiger partial charge in [0, 0.05) is 62.1 Å². The SMILES string of the molecule is CN1CCN(S(=O)(=O)c2ccc(C(=O)Nc3cc4cc(-c5cnn(C)c5)ccc4cn3)cc2)CC1. The van der Waals surface area contributed by atoms with E-state index in [9.17, 15) is 13.2 Å². The van der Waals surface area contributed by atoms with Crippen molar-refractivity contribution in [1.29, 1.82) is 0 Å². The molecule has 4 aromatic rings. The molecule has 1 fully saturated rings. The van der Waals surface area contributed by atoms with E-state index in [-0.39, 0.29) is 10.8 Å². The number of pyridine rings is 1. The molecule has 0 unspecified atom stereocenters. The molecule has 0 radical (unpaired) electrons. The molecule has 0 spiro atoms. The molecule has 0 aliphatic carbocycles. The molecule has 0 atom stereocenters. The highest BCUT2D eigenvalue weighted by Crippen LogP contribution is 2.25. The minimum absolute atomic E-state index is 0.186. The van der Waals surface area contributed by atoms with Crippen molar-refractivity contribution in [2.45, 2.75) is 4.90 Å². The van der Waals surface area contributed by atoms with Crippen LogP contribution in [-0.2, 0) is 17.1 Å². The Bertz CT molecular complexity index is 1490. The van der Waals surface area contributed by atoms with E-state index in [1.54, 1.807) is 17.1 Å². The average molecular weight is 491 g/mol. The summed E-state index contributed by atoms with van der Waals surface area (Å²) in [6, 6.07) is 13.9. The molecule has 2 aromatic carbocycles. The van der Waals surface area contributed by atoms with Gasteiger partial charge in [0.05, 0.1) is 11.1 Å². The van der Waals surface area contributed by atoms with Crippen molar-refractivity contribution in [2.75, 3.05) is 38.5 Å². The molecule has 3 heterocycles. The van der Waals surface area contributed by atoms with Gasteiger partial charge in [-0.2, -0.15) is 9.40 Å². The van der Waals surface area contributed by atoms with Crippen LogP contribution >= 0.6 is 0 Å². The highest BCUT2D eigenvalue weighted by Gasteiger charge is 2.27. The Morgan fingerprint density at radius 1 is 0.886 bits per heavy atom. The molecular formula is C25H26N6O3S. The number of nitrogens with zero attached hydrogens (tertiary/aromatic N) is 5. The fourth-order valence-electron chi connectivity index (χ4n) is 4.10. The number of hydrogen-bond acceptors (Lipinski definition) is 6. The first-order chi connectivity index (χ1) is 16.8. The number of rotatable bonds is 5. The van der Waals surface area contributed by atoms with E-state index in [0.29, 0.717) is 37.6 Å². The standard InChI is InChI=1S/C25H26N6O3S/c1-29-9-11-31(12-10-29)35(33,34)23-7-5-18(6-8-23)25(32)28-24-14-21-13-19(3-4-20(21)15-26-24)22-16-27-30(2)17-22/h3-8,13-17H,9-12H2,1-2H3,(H,26,28,32). The predicted molar refractivity (Wildman–Crippen MR) is 135 cm³/mol. The van der Waals surface area contributed by atoms with Crippen molar-refractivity contribution in [2.24, 2.45) is 7.05 Å². The summed E-state index contributed by atoms with van der Waals surface area (Å²) in [4.78, 5) is 19.4. The van der Waals surface area contributed by atoms with Gasteiger partial charge in [0.25, 0.3) is 5.91 Å². The van der Waals surface area contributed by atoms with Crippen LogP contribution in [0, 0.1) is 0 Å². The second kappa shape index (κ2) is 9.21. The molecule has 10 heteroatoms. The fourth-order valence-corrected chi connectivity index (χ4v) is 5.53. The number of carbonyl (C=O) groups excluding carboxylic acids is 1. The number of fused-ring (bicyclic) bond motifs is 1. The lowest BCUT2D eigenvalue weighted by molar-refractivity contribution is 0.102. The first-order valence-electron chi connectivity index (χ1n) is 11.3. The number of hydrogen-bond donors (Lipinski definition) is 1. The molecule has 1 N–H and O–H groups in total. The van der Waals surface area contributed by atoms with E-state index in [1.807, 2.05) is 44.6 Å². The monoisotopic (exact) mass is 490 g/mol. The number of likely N-dealkylation sites (N-methyl/N-ethyl adjacent to an activating group) is 1. The zero-order valence-electron chi connectivity index (χ0n) is 19.5. The van der Waals surface area contributed by atoms with Crippen molar-refractivity contribution in [3.63, 3.8) is 0 Å². The number of anilines is 1. The summed E-state index contributed by atoms with van der Waals surface area (Å²) in [6.45, 7) is 2.30. The molecule has 1 aliphatic heterocycles. The van der Waals surface area contributed by atoms with Crippen LogP contribution in [0.4, 0.5) is 5.82 Å². The molecular weight excluding hydrogens is 464 g/mol. The summed E-state index contributed by atoms with van der Waals surface area (Å²) in [5.41, 5.74) is 2.38. The van der Waals surface area contributed by atoms with Crippen LogP contribution in [0.1, 0.15) is 10.4 Å². The van der Waals surface area contributed by atoms with E-state index in [0.717, 1.165) is 21.9 Å². The molecule has 0 saturated carbocycles. The maximum Gasteiger partial charge on any atom is 0.256 e. The highest BCUT2D eigenvalue weighted by atomic mass is 32.2. The van der Waals surface area contributed by atoms with Crippen molar-refractivity contribution in [3.8, 4) is 11.1 Å². The van der Waals surface area contributed by atoms with Crippen molar-refractivity contribution < 1.29 is 13.2 Å². The minimum atomic E-state index is -3.58. The molecule has 1 aliphatic rings. The van der Waals surface area contributed by atoms with E-state index in [4.69, 9.17) is 0 Å². The largest absolute Gasteiger partial charge is 0.307 e. The zero-order valence-corrected chi connectivity index (χ0v) is 20.4. The normalized spacial score (nSPS) is 15.4. The smallest absolute Gasteiger partial charge is 0.256 e. The van der Waals surface area contributed by atoms with Crippen LogP contribution in [-0.4, -0.2) is 71.5 Å². The molecule has 9 nitrogen and oxygen atoms in total. The van der Waals surface area contributed by atoms with Gasteiger partial charge in [-0.3, -0.25) is 9.48 Å². The minimum Gasteiger partial charge on any atom is -0.307 e. The van der Waals surface area contributed by atoms with Gasteiger partial charge in [0.2, 0.25) is 10.0 Å². The highest BCUT2D eigenvalue weighted by molar-refractivity contribution is 7.89. The van der Waals surface area contributed by atoms with Crippen LogP contribution < -0.4 is 5.32 Å². The van der Waals surface area contributed by atoms with E-state index in [1.165, 1.54) is 28.6 Å². The van der Waals surface area contributed by atoms with E-state index >= 15 is 0 Å². The van der Waals surface area contributed by atoms with Crippen LogP contribution in [0.3, 0.4) is 0 Å². The number of nitrogens with one attached hydrogen (secondary N) is 1. The number of sulfonamides is 1. The lowest BCUT2D eigenvalue weighted by atomic mass is 10.1. The summed E-state index contributed by atoms with van der Waals surface area (Å²) in [7, 11) is 0.265. The summed E-state index contributed by atoms with van der Waals surface area (Å²) in [5.74, 6) is 0.0591. The number of benzene rings is 2. The lowest BCUT2D eigenvalue weighted by Gasteiger charge is -2.31. The number of aryl methyl sites for hydroxylation is 1. The number of aromatic nitrogens is 3. The van der Waals surface area contributed by atoms with Gasteiger partial charge < -0.3 is 10.2 Å². The summed E-state index contributed by atoms with van der Waals surface area (Å²) in [6.07, 6.45) is 5.46. The number of carbonyl (C=O) groups is 1. The molecule has 0 bridgehead atoms. The van der Waals surface area contributed by atoms with E-state index in [2.05, 4.69) is 20.3 Å². The number of piperazine rings is 1. The van der Waals surface area contributed by atoms with Crippen molar-refractivity contribution >= 4 is 32.5 Å². The molecule has 35 heavy (non-hydrogen) atoms. The Morgan fingerprint density at radius 3 is 2.31 bits per heavy atom. The lowest BCUT2D eigenvalue weighted by Crippen LogP contribution is -2.47. The van der Waals surface area contributed by atoms with Crippen LogP contribution in [0.2, 0.25) is 0 Å². The number of amides is 1. The molecule has 5 rings (SSSR count). The van der Waals surface area contributed by atoms with E-state index < -0.39 is 10.0 Å². The third-order valence-electron chi connectivity index (χ3n) is 6.22. The predicted octanol–water partition coefficient (Wildman–Crippen LogP) is 2.82. The summed E-state index contributed by atoms with van der Waals surface area (Å²) < 4.78 is 29.1. The Balaban J connectivity index is 1.32. The van der Waals surface area contributed by atoms with Gasteiger partial charge in [0.15, 0.2) is 0 Å². The van der Waals surface area contributed by atoms with Gasteiger partial charge in [-0.05, 0) is 54.4 Å². The molecule has 2 aromatic heterocycles. The quantitative estimate of drug-likeness (QED) is 0.462. The zero-order chi connectivity index (χ0) is 24.6. The van der Waals surface area contributed by atoms with Gasteiger partial charge in [-0.15, -0.1) is 0 Å². The van der Waals surface area contributed by atoms with Crippen molar-refractivity contribution in [1.82, 2.24) is 24.0 Å². The topological polar surface area (TPSA) is 100 Å². The third-order valence-corrected chi connectivity index (χ3v) is 8.13. The fraction of sp³-hybridized carbons (Fsp3) is 0.240. The summed E-state index contributed by atoms with van der Waals surface area (Å²) in [5, 5.41) is 8.92. The van der Waals surface area contributed by atoms with Crippen LogP contribution in [0.25, 0.3) is 21.9 Å². The third kappa shape index (κ3) is 4.81. The van der Waals surface area contributed by atoms with Gasteiger partial charge in [-0.1, -0.05) is 12.1 Å². The second-order valence-electron chi connectivity index (χ2n) is 8.72. The van der Waals surface area contributed by atoms with Crippen molar-refractivity contribution in [3.05, 3.63) is 72.7 Å². The Labute approximate surface area is 204 Å². The maximum absolute atomic E-state index is 12.9. The van der Waals surface area contributed by atoms with Gasteiger partial charge in [-0.25, -0.2) is 13.4 Å². The maximum atomic E-state index is 12.9. The van der Waals surface area contributed by atoms with Gasteiger partial charge >= 0.3 is 0 Å². The van der Waals surface area contributed by atoms with Crippen LogP contribution in [0.15, 0.2) is 72.0 Å². The van der Waals surface area contributed by atoms with Gasteiger partial charge in [0.1, 0.15) is 5.82 Å². The summed E-state index contributed by atoms with van der Waals surface area (Å²) >= 11 is 0. The molecule has 1 saturated heterocycles. The van der Waals surface area contributed by atoms with Crippen LogP contribution in [0.5, 0.6) is 0 Å². The Morgan fingerprint density at radius 2 is 1.63 bits per heavy atom. The Kier molecular flexibility index (Phi) is 6.10. The molecule has 1 amide bonds. The molecule has 180 valence electrons.